The Kier molecular flexibility index (Phi) is 5.55. The number of anilines is 2. The molecule has 2 aliphatic rings. The Hall–Kier alpha value is -4.15. The molecule has 1 saturated heterocycles. The van der Waals surface area contributed by atoms with Gasteiger partial charge in [-0.05, 0) is 68.9 Å². The average Bonchev–Trinajstić information content (AvgIpc) is 3.37. The van der Waals surface area contributed by atoms with Crippen LogP contribution in [0.5, 0.6) is 0 Å². The summed E-state index contributed by atoms with van der Waals surface area (Å²) in [6.45, 7) is 5.28. The molecule has 2 aromatic carbocycles. The number of aromatic nitrogens is 4. The minimum atomic E-state index is -0.995. The first-order valence-corrected chi connectivity index (χ1v) is 12.5. The van der Waals surface area contributed by atoms with E-state index in [9.17, 15) is 18.4 Å². The van der Waals surface area contributed by atoms with E-state index >= 15 is 4.39 Å². The molecule has 2 aromatic heterocycles. The molecule has 1 aliphatic carbocycles. The first-order chi connectivity index (χ1) is 18.2. The lowest BCUT2D eigenvalue weighted by Gasteiger charge is -2.23. The van der Waals surface area contributed by atoms with Crippen molar-refractivity contribution >= 4 is 28.2 Å². The molecule has 0 unspecified atom stereocenters. The Morgan fingerprint density at radius 2 is 1.71 bits per heavy atom. The number of benzene rings is 2. The van der Waals surface area contributed by atoms with E-state index in [1.807, 2.05) is 13.8 Å². The fraction of sp³-hybridized carbons (Fsp3) is 0.333. The van der Waals surface area contributed by atoms with Crippen LogP contribution >= 0.6 is 0 Å². The molecule has 1 aliphatic heterocycles. The van der Waals surface area contributed by atoms with Gasteiger partial charge >= 0.3 is 0 Å². The van der Waals surface area contributed by atoms with Gasteiger partial charge in [0.05, 0.1) is 22.3 Å². The van der Waals surface area contributed by atoms with Crippen molar-refractivity contribution in [3.63, 3.8) is 0 Å². The highest BCUT2D eigenvalue weighted by Crippen LogP contribution is 2.54. The second kappa shape index (κ2) is 8.71. The lowest BCUT2D eigenvalue weighted by atomic mass is 10.1. The highest BCUT2D eigenvalue weighted by Gasteiger charge is 2.48. The van der Waals surface area contributed by atoms with E-state index in [4.69, 9.17) is 0 Å². The molecule has 0 radical (unpaired) electrons. The molecule has 0 atom stereocenters. The Morgan fingerprint density at radius 1 is 0.974 bits per heavy atom. The van der Waals surface area contributed by atoms with Gasteiger partial charge in [0.25, 0.3) is 11.5 Å². The fourth-order valence-electron chi connectivity index (χ4n) is 5.28. The molecule has 6 rings (SSSR count). The van der Waals surface area contributed by atoms with Crippen molar-refractivity contribution in [1.82, 2.24) is 19.6 Å². The van der Waals surface area contributed by atoms with Gasteiger partial charge in [0.2, 0.25) is 5.95 Å². The van der Waals surface area contributed by atoms with E-state index in [1.165, 1.54) is 6.07 Å². The van der Waals surface area contributed by atoms with Crippen molar-refractivity contribution in [2.75, 3.05) is 23.3 Å². The van der Waals surface area contributed by atoms with Gasteiger partial charge in [-0.2, -0.15) is 14.2 Å². The number of rotatable bonds is 5. The van der Waals surface area contributed by atoms with Crippen LogP contribution in [0.15, 0.2) is 47.3 Å². The van der Waals surface area contributed by atoms with Crippen LogP contribution in [-0.4, -0.2) is 38.6 Å². The van der Waals surface area contributed by atoms with Crippen LogP contribution in [0.4, 0.5) is 24.5 Å². The number of nitrogens with one attached hydrogen (secondary N) is 1. The molecule has 8 nitrogen and oxygen atoms in total. The van der Waals surface area contributed by atoms with Crippen LogP contribution in [-0.2, 0) is 0 Å². The maximum Gasteiger partial charge on any atom is 0.276 e. The molecule has 0 bridgehead atoms. The molecule has 1 spiro atoms. The van der Waals surface area contributed by atoms with Gasteiger partial charge in [0.1, 0.15) is 11.4 Å². The molecule has 11 heteroatoms. The van der Waals surface area contributed by atoms with Crippen molar-refractivity contribution in [3.05, 3.63) is 76.1 Å². The van der Waals surface area contributed by atoms with Crippen molar-refractivity contribution in [2.24, 2.45) is 5.41 Å². The van der Waals surface area contributed by atoms with Gasteiger partial charge in [0.15, 0.2) is 11.6 Å². The normalized spacial score (nSPS) is 16.1. The molecule has 1 amide bonds. The number of fused-ring (bicyclic) bond motifs is 1. The van der Waals surface area contributed by atoms with E-state index in [0.29, 0.717) is 33.5 Å². The zero-order chi connectivity index (χ0) is 26.8. The summed E-state index contributed by atoms with van der Waals surface area (Å²) < 4.78 is 46.1. The number of amides is 1. The number of hydrogen-bond donors (Lipinski definition) is 1. The number of nitrogens with zero attached hydrogens (tertiary/aromatic N) is 5. The summed E-state index contributed by atoms with van der Waals surface area (Å²) in [6.07, 6.45) is 3.22. The number of carbonyl (C=O) groups excluding carboxylic acids is 1. The van der Waals surface area contributed by atoms with E-state index in [0.717, 1.165) is 50.1 Å². The first kappa shape index (κ1) is 24.2. The van der Waals surface area contributed by atoms with Gasteiger partial charge in [-0.25, -0.2) is 8.78 Å². The second-order valence-corrected chi connectivity index (χ2v) is 10.3. The molecule has 38 heavy (non-hydrogen) atoms. The molecule has 1 N–H and O–H groups in total. The molecular weight excluding hydrogens is 497 g/mol. The summed E-state index contributed by atoms with van der Waals surface area (Å²) >= 11 is 0. The molecule has 196 valence electrons. The van der Waals surface area contributed by atoms with Crippen molar-refractivity contribution in [3.8, 4) is 5.69 Å². The summed E-state index contributed by atoms with van der Waals surface area (Å²) in [4.78, 5) is 27.8. The maximum absolute atomic E-state index is 15.3. The van der Waals surface area contributed by atoms with Gasteiger partial charge in [0, 0.05) is 25.2 Å². The van der Waals surface area contributed by atoms with E-state index in [2.05, 4.69) is 20.4 Å². The quantitative estimate of drug-likeness (QED) is 0.406. The van der Waals surface area contributed by atoms with E-state index in [-0.39, 0.29) is 17.2 Å². The Bertz CT molecular complexity index is 1640. The highest BCUT2D eigenvalue weighted by molar-refractivity contribution is 6.09. The smallest absolute Gasteiger partial charge is 0.276 e. The molecule has 2 fully saturated rings. The van der Waals surface area contributed by atoms with Crippen LogP contribution in [0.2, 0.25) is 0 Å². The van der Waals surface area contributed by atoms with E-state index < -0.39 is 34.7 Å². The second-order valence-electron chi connectivity index (χ2n) is 10.3. The summed E-state index contributed by atoms with van der Waals surface area (Å²) in [5, 5.41) is 11.2. The van der Waals surface area contributed by atoms with Crippen LogP contribution < -0.4 is 15.8 Å². The van der Waals surface area contributed by atoms with Crippen molar-refractivity contribution in [1.29, 1.82) is 0 Å². The average molecular weight is 523 g/mol. The molecule has 3 heterocycles. The van der Waals surface area contributed by atoms with Gasteiger partial charge in [-0.15, -0.1) is 5.10 Å². The SMILES string of the molecule is CC(C)n1nc(F)c2c(N3CCC4(CC4)C3)c(NC(=O)c3ccc(=O)n(-c4c(F)cccc4F)n3)ccc21. The predicted octanol–water partition coefficient (Wildman–Crippen LogP) is 4.82. The molecule has 1 saturated carbocycles. The van der Waals surface area contributed by atoms with Crippen LogP contribution in [0, 0.1) is 23.0 Å². The number of hydrogen-bond acceptors (Lipinski definition) is 5. The first-order valence-electron chi connectivity index (χ1n) is 12.5. The Morgan fingerprint density at radius 3 is 2.37 bits per heavy atom. The summed E-state index contributed by atoms with van der Waals surface area (Å²) in [7, 11) is 0. The summed E-state index contributed by atoms with van der Waals surface area (Å²) in [6, 6.07) is 8.67. The lowest BCUT2D eigenvalue weighted by molar-refractivity contribution is 0.102. The Labute approximate surface area is 215 Å². The van der Waals surface area contributed by atoms with Crippen LogP contribution in [0.3, 0.4) is 0 Å². The molecule has 4 aromatic rings. The highest BCUT2D eigenvalue weighted by atomic mass is 19.1. The Balaban J connectivity index is 1.42. The number of carbonyl (C=O) groups is 1. The molecular formula is C27H25F3N6O2. The summed E-state index contributed by atoms with van der Waals surface area (Å²) in [5.74, 6) is -3.33. The minimum Gasteiger partial charge on any atom is -0.369 e. The fourth-order valence-corrected chi connectivity index (χ4v) is 5.28. The third-order valence-electron chi connectivity index (χ3n) is 7.44. The van der Waals surface area contributed by atoms with Crippen molar-refractivity contribution in [2.45, 2.75) is 39.2 Å². The predicted molar refractivity (Wildman–Crippen MR) is 136 cm³/mol. The summed E-state index contributed by atoms with van der Waals surface area (Å²) in [5.41, 5.74) is 0.0264. The van der Waals surface area contributed by atoms with Gasteiger partial charge in [-0.3, -0.25) is 14.3 Å². The third-order valence-corrected chi connectivity index (χ3v) is 7.44. The minimum absolute atomic E-state index is 0.0762. The van der Waals surface area contributed by atoms with Crippen LogP contribution in [0.25, 0.3) is 16.6 Å². The topological polar surface area (TPSA) is 85.0 Å². The maximum atomic E-state index is 15.3. The van der Waals surface area contributed by atoms with Crippen LogP contribution in [0.1, 0.15) is 49.6 Å². The zero-order valence-electron chi connectivity index (χ0n) is 20.8. The zero-order valence-corrected chi connectivity index (χ0v) is 20.8. The van der Waals surface area contributed by atoms with Crippen molar-refractivity contribution < 1.29 is 18.0 Å². The monoisotopic (exact) mass is 522 g/mol. The van der Waals surface area contributed by atoms with Gasteiger partial charge < -0.3 is 10.2 Å². The number of halogens is 3. The largest absolute Gasteiger partial charge is 0.369 e. The lowest BCUT2D eigenvalue weighted by Crippen LogP contribution is -2.27. The third kappa shape index (κ3) is 3.93. The number of para-hydroxylation sites is 1. The standard InChI is InChI=1S/C27H25F3N6O2/c1-15(2)35-20-8-6-18(24(22(20)25(30)33-35)34-13-12-27(14-34)10-11-27)31-26(38)19-7-9-21(37)36(32-19)23-16(28)4-3-5-17(23)29/h3-9,15H,10-14H2,1-2H3,(H,31,38). The van der Waals surface area contributed by atoms with E-state index in [1.54, 1.807) is 16.8 Å². The van der Waals surface area contributed by atoms with Gasteiger partial charge in [-0.1, -0.05) is 6.07 Å².